The molecule has 6 nitrogen and oxygen atoms in total. The van der Waals surface area contributed by atoms with Gasteiger partial charge in [0.25, 0.3) is 0 Å². The van der Waals surface area contributed by atoms with Crippen LogP contribution in [0.2, 0.25) is 0 Å². The number of aliphatic hydroxyl groups is 1. The average Bonchev–Trinajstić information content (AvgIpc) is 2.36. The van der Waals surface area contributed by atoms with Gasteiger partial charge in [0, 0.05) is 12.6 Å². The highest BCUT2D eigenvalue weighted by molar-refractivity contribution is 5.82. The summed E-state index contributed by atoms with van der Waals surface area (Å²) >= 11 is 0. The van der Waals surface area contributed by atoms with Gasteiger partial charge in [0.1, 0.15) is 6.04 Å². The quantitative estimate of drug-likeness (QED) is 0.680. The molecule has 3 N–H and O–H groups in total. The number of carbonyl (C=O) groups is 2. The summed E-state index contributed by atoms with van der Waals surface area (Å²) in [6.45, 7) is 1.58. The maximum absolute atomic E-state index is 12.0. The molecule has 1 saturated carbocycles. The number of hydrogen-bond donors (Lipinski definition) is 3. The first kappa shape index (κ1) is 14.8. The van der Waals surface area contributed by atoms with E-state index in [1.54, 1.807) is 4.90 Å². The second-order valence-electron chi connectivity index (χ2n) is 4.72. The molecule has 0 radical (unpaired) electrons. The lowest BCUT2D eigenvalue weighted by Crippen LogP contribution is -2.51. The Kier molecular flexibility index (Phi) is 5.91. The second kappa shape index (κ2) is 7.20. The molecule has 1 rings (SSSR count). The highest BCUT2D eigenvalue weighted by Gasteiger charge is 2.26. The largest absolute Gasteiger partial charge is 0.480 e. The van der Waals surface area contributed by atoms with Gasteiger partial charge in [-0.15, -0.1) is 0 Å². The summed E-state index contributed by atoms with van der Waals surface area (Å²) in [6, 6.07) is -1.19. The normalized spacial score (nSPS) is 18.1. The zero-order chi connectivity index (χ0) is 13.5. The van der Waals surface area contributed by atoms with Crippen LogP contribution < -0.4 is 5.32 Å². The van der Waals surface area contributed by atoms with Crippen LogP contribution in [-0.2, 0) is 4.79 Å². The lowest BCUT2D eigenvalue weighted by molar-refractivity contribution is -0.138. The van der Waals surface area contributed by atoms with Crippen molar-refractivity contribution in [3.05, 3.63) is 0 Å². The molecule has 0 unspecified atom stereocenters. The van der Waals surface area contributed by atoms with E-state index in [-0.39, 0.29) is 19.2 Å². The smallest absolute Gasteiger partial charge is 0.325 e. The summed E-state index contributed by atoms with van der Waals surface area (Å²) in [7, 11) is 0. The van der Waals surface area contributed by atoms with Gasteiger partial charge in [-0.2, -0.15) is 0 Å². The summed E-state index contributed by atoms with van der Waals surface area (Å²) in [4.78, 5) is 24.3. The molecule has 0 aliphatic heterocycles. The Morgan fingerprint density at radius 3 is 2.44 bits per heavy atom. The van der Waals surface area contributed by atoms with Crippen molar-refractivity contribution in [2.24, 2.45) is 0 Å². The van der Waals surface area contributed by atoms with E-state index in [4.69, 9.17) is 10.2 Å². The Hall–Kier alpha value is -1.30. The number of carboxylic acids is 1. The molecule has 2 amide bonds. The van der Waals surface area contributed by atoms with E-state index in [0.29, 0.717) is 0 Å². The number of rotatable bonds is 5. The predicted molar refractivity (Wildman–Crippen MR) is 66.3 cm³/mol. The fraction of sp³-hybridized carbons (Fsp3) is 0.833. The summed E-state index contributed by atoms with van der Waals surface area (Å²) in [5.41, 5.74) is 0. The maximum Gasteiger partial charge on any atom is 0.325 e. The zero-order valence-corrected chi connectivity index (χ0v) is 10.8. The van der Waals surface area contributed by atoms with Gasteiger partial charge in [0.2, 0.25) is 0 Å². The van der Waals surface area contributed by atoms with Crippen molar-refractivity contribution in [3.8, 4) is 0 Å². The van der Waals surface area contributed by atoms with Gasteiger partial charge in [-0.1, -0.05) is 19.3 Å². The van der Waals surface area contributed by atoms with Gasteiger partial charge in [0.15, 0.2) is 0 Å². The van der Waals surface area contributed by atoms with Gasteiger partial charge >= 0.3 is 12.0 Å². The number of urea groups is 1. The Morgan fingerprint density at radius 2 is 1.94 bits per heavy atom. The van der Waals surface area contributed by atoms with E-state index in [1.807, 2.05) is 0 Å². The van der Waals surface area contributed by atoms with E-state index < -0.39 is 18.0 Å². The average molecular weight is 258 g/mol. The van der Waals surface area contributed by atoms with E-state index >= 15 is 0 Å². The molecule has 6 heteroatoms. The first-order chi connectivity index (χ1) is 8.56. The molecule has 0 heterocycles. The number of amides is 2. The second-order valence-corrected chi connectivity index (χ2v) is 4.72. The number of aliphatic hydroxyl groups excluding tert-OH is 1. The fourth-order valence-electron chi connectivity index (χ4n) is 2.28. The van der Waals surface area contributed by atoms with Gasteiger partial charge in [-0.3, -0.25) is 4.79 Å². The molecule has 0 aromatic heterocycles. The van der Waals surface area contributed by atoms with Gasteiger partial charge in [0.05, 0.1) is 6.61 Å². The number of aliphatic carboxylic acids is 1. The molecule has 1 fully saturated rings. The number of carbonyl (C=O) groups excluding carboxylic acids is 1. The number of nitrogens with one attached hydrogen (secondary N) is 1. The van der Waals surface area contributed by atoms with E-state index in [2.05, 4.69) is 5.32 Å². The molecular weight excluding hydrogens is 236 g/mol. The monoisotopic (exact) mass is 258 g/mol. The molecule has 1 aliphatic carbocycles. The van der Waals surface area contributed by atoms with E-state index in [1.165, 1.54) is 13.3 Å². The molecule has 0 bridgehead atoms. The summed E-state index contributed by atoms with van der Waals surface area (Å²) in [6.07, 6.45) is 5.18. The molecule has 104 valence electrons. The first-order valence-corrected chi connectivity index (χ1v) is 6.47. The summed E-state index contributed by atoms with van der Waals surface area (Å²) in [5.74, 6) is -1.06. The molecule has 0 saturated heterocycles. The van der Waals surface area contributed by atoms with Crippen molar-refractivity contribution >= 4 is 12.0 Å². The minimum atomic E-state index is -1.06. The van der Waals surface area contributed by atoms with Crippen LogP contribution in [0.4, 0.5) is 4.79 Å². The van der Waals surface area contributed by atoms with Crippen LogP contribution in [0.1, 0.15) is 39.0 Å². The molecule has 1 aliphatic rings. The maximum atomic E-state index is 12.0. The third kappa shape index (κ3) is 4.18. The van der Waals surface area contributed by atoms with Crippen molar-refractivity contribution in [1.29, 1.82) is 0 Å². The van der Waals surface area contributed by atoms with Crippen molar-refractivity contribution in [3.63, 3.8) is 0 Å². The van der Waals surface area contributed by atoms with Crippen LogP contribution in [-0.4, -0.2) is 52.3 Å². The number of nitrogens with zero attached hydrogens (tertiary/aromatic N) is 1. The SMILES string of the molecule is C[C@@H](NC(=O)N(CCO)C1CCCCC1)C(=O)O. The third-order valence-corrected chi connectivity index (χ3v) is 3.33. The van der Waals surface area contributed by atoms with Crippen LogP contribution in [0, 0.1) is 0 Å². The molecular formula is C12H22N2O4. The minimum Gasteiger partial charge on any atom is -0.480 e. The van der Waals surface area contributed by atoms with Gasteiger partial charge < -0.3 is 20.4 Å². The summed E-state index contributed by atoms with van der Waals surface area (Å²) < 4.78 is 0. The molecule has 0 aromatic rings. The number of carboxylic acid groups (broad SMARTS) is 1. The Balaban J connectivity index is 2.59. The Bertz CT molecular complexity index is 290. The van der Waals surface area contributed by atoms with Crippen molar-refractivity contribution in [2.75, 3.05) is 13.2 Å². The van der Waals surface area contributed by atoms with Crippen LogP contribution in [0.5, 0.6) is 0 Å². The van der Waals surface area contributed by atoms with Crippen LogP contribution in [0.3, 0.4) is 0 Å². The van der Waals surface area contributed by atoms with Crippen LogP contribution >= 0.6 is 0 Å². The highest BCUT2D eigenvalue weighted by Crippen LogP contribution is 2.22. The third-order valence-electron chi connectivity index (χ3n) is 3.33. The van der Waals surface area contributed by atoms with Crippen LogP contribution in [0.15, 0.2) is 0 Å². The van der Waals surface area contributed by atoms with Crippen molar-refractivity contribution in [1.82, 2.24) is 10.2 Å². The Labute approximate surface area is 107 Å². The van der Waals surface area contributed by atoms with Gasteiger partial charge in [-0.05, 0) is 19.8 Å². The van der Waals surface area contributed by atoms with E-state index in [9.17, 15) is 9.59 Å². The standard InChI is InChI=1S/C12H22N2O4/c1-9(11(16)17)13-12(18)14(7-8-15)10-5-3-2-4-6-10/h9-10,15H,2-8H2,1H3,(H,13,18)(H,16,17)/t9-/m1/s1. The zero-order valence-electron chi connectivity index (χ0n) is 10.8. The van der Waals surface area contributed by atoms with Crippen LogP contribution in [0.25, 0.3) is 0 Å². The molecule has 1 atom stereocenters. The van der Waals surface area contributed by atoms with Crippen molar-refractivity contribution in [2.45, 2.75) is 51.1 Å². The van der Waals surface area contributed by atoms with Gasteiger partial charge in [-0.25, -0.2) is 4.79 Å². The lowest BCUT2D eigenvalue weighted by atomic mass is 9.94. The van der Waals surface area contributed by atoms with Crippen molar-refractivity contribution < 1.29 is 19.8 Å². The molecule has 0 spiro atoms. The van der Waals surface area contributed by atoms with E-state index in [0.717, 1.165) is 25.7 Å². The Morgan fingerprint density at radius 1 is 1.33 bits per heavy atom. The topological polar surface area (TPSA) is 89.9 Å². The first-order valence-electron chi connectivity index (χ1n) is 6.47. The lowest BCUT2D eigenvalue weighted by Gasteiger charge is -2.34. The number of hydrogen-bond acceptors (Lipinski definition) is 3. The predicted octanol–water partition coefficient (Wildman–Crippen LogP) is 0.796. The fourth-order valence-corrected chi connectivity index (χ4v) is 2.28. The highest BCUT2D eigenvalue weighted by atomic mass is 16.4. The summed E-state index contributed by atoms with van der Waals surface area (Å²) in [5, 5.41) is 20.2. The minimum absolute atomic E-state index is 0.106. The molecule has 0 aromatic carbocycles. The molecule has 18 heavy (non-hydrogen) atoms.